The maximum atomic E-state index is 12.3. The SMILES string of the molecule is Cn1c(=O)c(C2CCCO2)nc2cc(Cl)c(Cl)cc21. The van der Waals surface area contributed by atoms with Gasteiger partial charge in [-0.3, -0.25) is 4.79 Å². The Morgan fingerprint density at radius 1 is 1.37 bits per heavy atom. The number of halogens is 2. The van der Waals surface area contributed by atoms with Gasteiger partial charge in [-0.05, 0) is 25.0 Å². The highest BCUT2D eigenvalue weighted by Crippen LogP contribution is 2.29. The number of hydrogen-bond donors (Lipinski definition) is 0. The first-order chi connectivity index (χ1) is 9.08. The first-order valence-corrected chi connectivity index (χ1v) is 6.81. The van der Waals surface area contributed by atoms with Gasteiger partial charge in [0.1, 0.15) is 11.8 Å². The van der Waals surface area contributed by atoms with E-state index in [-0.39, 0.29) is 11.7 Å². The molecule has 0 saturated carbocycles. The number of aryl methyl sites for hydroxylation is 1. The van der Waals surface area contributed by atoms with Crippen LogP contribution in [0.15, 0.2) is 16.9 Å². The summed E-state index contributed by atoms with van der Waals surface area (Å²) in [6.45, 7) is 0.676. The normalized spacial score (nSPS) is 19.2. The van der Waals surface area contributed by atoms with Crippen molar-refractivity contribution in [2.45, 2.75) is 18.9 Å². The molecule has 1 aromatic heterocycles. The summed E-state index contributed by atoms with van der Waals surface area (Å²) < 4.78 is 7.09. The molecule has 19 heavy (non-hydrogen) atoms. The number of hydrogen-bond acceptors (Lipinski definition) is 3. The summed E-state index contributed by atoms with van der Waals surface area (Å²) in [7, 11) is 1.70. The van der Waals surface area contributed by atoms with Gasteiger partial charge in [-0.1, -0.05) is 23.2 Å². The van der Waals surface area contributed by atoms with Gasteiger partial charge in [0.2, 0.25) is 0 Å². The number of fused-ring (bicyclic) bond motifs is 1. The molecule has 0 aliphatic carbocycles. The third kappa shape index (κ3) is 2.14. The largest absolute Gasteiger partial charge is 0.372 e. The van der Waals surface area contributed by atoms with Gasteiger partial charge in [-0.15, -0.1) is 0 Å². The number of nitrogens with zero attached hydrogens (tertiary/aromatic N) is 2. The van der Waals surface area contributed by atoms with Crippen molar-refractivity contribution in [3.05, 3.63) is 38.2 Å². The van der Waals surface area contributed by atoms with Crippen LogP contribution in [0.5, 0.6) is 0 Å². The molecule has 2 heterocycles. The first kappa shape index (κ1) is 12.9. The van der Waals surface area contributed by atoms with Crippen LogP contribution in [0.25, 0.3) is 11.0 Å². The van der Waals surface area contributed by atoms with E-state index in [0.717, 1.165) is 12.8 Å². The van der Waals surface area contributed by atoms with Gasteiger partial charge >= 0.3 is 0 Å². The average Bonchev–Trinajstić information content (AvgIpc) is 2.90. The fourth-order valence-corrected chi connectivity index (χ4v) is 2.66. The van der Waals surface area contributed by atoms with Crippen LogP contribution in [0.2, 0.25) is 10.0 Å². The second-order valence-corrected chi connectivity index (χ2v) is 5.43. The van der Waals surface area contributed by atoms with Crippen LogP contribution in [0.4, 0.5) is 0 Å². The van der Waals surface area contributed by atoms with Crippen LogP contribution in [0.1, 0.15) is 24.6 Å². The molecule has 4 nitrogen and oxygen atoms in total. The summed E-state index contributed by atoms with van der Waals surface area (Å²) in [6, 6.07) is 3.34. The predicted molar refractivity (Wildman–Crippen MR) is 74.9 cm³/mol. The predicted octanol–water partition coefficient (Wildman–Crippen LogP) is 3.09. The van der Waals surface area contributed by atoms with Crippen molar-refractivity contribution in [2.75, 3.05) is 6.61 Å². The third-order valence-corrected chi connectivity index (χ3v) is 4.10. The second-order valence-electron chi connectivity index (χ2n) is 4.62. The summed E-state index contributed by atoms with van der Waals surface area (Å²) in [5.41, 5.74) is 1.63. The van der Waals surface area contributed by atoms with Gasteiger partial charge in [0.25, 0.3) is 5.56 Å². The van der Waals surface area contributed by atoms with Crippen LogP contribution in [0, 0.1) is 0 Å². The highest BCUT2D eigenvalue weighted by atomic mass is 35.5. The molecular formula is C13H12Cl2N2O2. The van der Waals surface area contributed by atoms with E-state index in [4.69, 9.17) is 27.9 Å². The summed E-state index contributed by atoms with van der Waals surface area (Å²) in [4.78, 5) is 16.7. The van der Waals surface area contributed by atoms with E-state index < -0.39 is 0 Å². The number of rotatable bonds is 1. The Morgan fingerprint density at radius 3 is 2.79 bits per heavy atom. The molecule has 1 aliphatic rings. The third-order valence-electron chi connectivity index (χ3n) is 3.38. The van der Waals surface area contributed by atoms with Gasteiger partial charge in [0, 0.05) is 13.7 Å². The molecule has 0 N–H and O–H groups in total. The van der Waals surface area contributed by atoms with Crippen molar-refractivity contribution >= 4 is 34.2 Å². The fourth-order valence-electron chi connectivity index (χ4n) is 2.35. The molecule has 1 aromatic carbocycles. The Bertz CT molecular complexity index is 706. The number of aromatic nitrogens is 2. The highest BCUT2D eigenvalue weighted by molar-refractivity contribution is 6.42. The zero-order valence-electron chi connectivity index (χ0n) is 10.3. The van der Waals surface area contributed by atoms with Gasteiger partial charge < -0.3 is 9.30 Å². The van der Waals surface area contributed by atoms with Crippen molar-refractivity contribution in [1.82, 2.24) is 9.55 Å². The minimum atomic E-state index is -0.211. The lowest BCUT2D eigenvalue weighted by Crippen LogP contribution is -2.25. The monoisotopic (exact) mass is 298 g/mol. The molecule has 0 spiro atoms. The van der Waals surface area contributed by atoms with Crippen molar-refractivity contribution in [1.29, 1.82) is 0 Å². The van der Waals surface area contributed by atoms with Gasteiger partial charge in [0.05, 0.1) is 21.1 Å². The van der Waals surface area contributed by atoms with Crippen LogP contribution < -0.4 is 5.56 Å². The molecule has 1 fully saturated rings. The van der Waals surface area contributed by atoms with E-state index in [2.05, 4.69) is 4.98 Å². The van der Waals surface area contributed by atoms with Crippen LogP contribution in [-0.4, -0.2) is 16.2 Å². The van der Waals surface area contributed by atoms with E-state index in [0.29, 0.717) is 33.4 Å². The van der Waals surface area contributed by atoms with Crippen LogP contribution in [-0.2, 0) is 11.8 Å². The van der Waals surface area contributed by atoms with E-state index in [1.165, 1.54) is 0 Å². The maximum Gasteiger partial charge on any atom is 0.275 e. The smallest absolute Gasteiger partial charge is 0.275 e. The lowest BCUT2D eigenvalue weighted by atomic mass is 10.1. The topological polar surface area (TPSA) is 44.1 Å². The minimum Gasteiger partial charge on any atom is -0.372 e. The summed E-state index contributed by atoms with van der Waals surface area (Å²) in [5.74, 6) is 0. The van der Waals surface area contributed by atoms with Crippen molar-refractivity contribution in [2.24, 2.45) is 7.05 Å². The summed E-state index contributed by atoms with van der Waals surface area (Å²) >= 11 is 12.0. The standard InChI is InChI=1S/C13H12Cl2N2O2/c1-17-10-6-8(15)7(14)5-9(10)16-12(13(17)18)11-3-2-4-19-11/h5-6,11H,2-4H2,1H3. The van der Waals surface area contributed by atoms with Crippen LogP contribution >= 0.6 is 23.2 Å². The zero-order chi connectivity index (χ0) is 13.6. The second kappa shape index (κ2) is 4.78. The molecule has 2 aromatic rings. The highest BCUT2D eigenvalue weighted by Gasteiger charge is 2.23. The van der Waals surface area contributed by atoms with E-state index >= 15 is 0 Å². The number of ether oxygens (including phenoxy) is 1. The summed E-state index contributed by atoms with van der Waals surface area (Å²) in [5, 5.41) is 0.842. The molecule has 0 radical (unpaired) electrons. The minimum absolute atomic E-state index is 0.141. The van der Waals surface area contributed by atoms with Crippen LogP contribution in [0.3, 0.4) is 0 Å². The maximum absolute atomic E-state index is 12.3. The molecule has 6 heteroatoms. The molecular weight excluding hydrogens is 287 g/mol. The molecule has 100 valence electrons. The molecule has 3 rings (SSSR count). The Balaban J connectivity index is 2.28. The van der Waals surface area contributed by atoms with Gasteiger partial charge in [-0.25, -0.2) is 4.98 Å². The van der Waals surface area contributed by atoms with Gasteiger partial charge in [0.15, 0.2) is 0 Å². The lowest BCUT2D eigenvalue weighted by molar-refractivity contribution is 0.107. The Labute approximate surface area is 119 Å². The molecule has 1 unspecified atom stereocenters. The Kier molecular flexibility index (Phi) is 3.25. The fraction of sp³-hybridized carbons (Fsp3) is 0.385. The number of benzene rings is 1. The molecule has 1 atom stereocenters. The summed E-state index contributed by atoms with van der Waals surface area (Å²) in [6.07, 6.45) is 1.57. The van der Waals surface area contributed by atoms with Crippen molar-refractivity contribution in [3.63, 3.8) is 0 Å². The lowest BCUT2D eigenvalue weighted by Gasteiger charge is -2.12. The van der Waals surface area contributed by atoms with Crippen molar-refractivity contribution < 1.29 is 4.74 Å². The van der Waals surface area contributed by atoms with E-state index in [9.17, 15) is 4.79 Å². The van der Waals surface area contributed by atoms with Gasteiger partial charge in [-0.2, -0.15) is 0 Å². The van der Waals surface area contributed by atoms with E-state index in [1.54, 1.807) is 23.7 Å². The Hall–Kier alpha value is -1.10. The molecule has 1 aliphatic heterocycles. The first-order valence-electron chi connectivity index (χ1n) is 6.05. The zero-order valence-corrected chi connectivity index (χ0v) is 11.8. The Morgan fingerprint density at radius 2 is 2.11 bits per heavy atom. The molecule has 1 saturated heterocycles. The molecule has 0 amide bonds. The average molecular weight is 299 g/mol. The molecule has 0 bridgehead atoms. The van der Waals surface area contributed by atoms with E-state index in [1.807, 2.05) is 0 Å². The van der Waals surface area contributed by atoms with Crippen molar-refractivity contribution in [3.8, 4) is 0 Å². The quantitative estimate of drug-likeness (QED) is 0.812.